The number of hydrogen-bond donors (Lipinski definition) is 0. The van der Waals surface area contributed by atoms with Gasteiger partial charge in [0.05, 0.1) is 21.5 Å². The zero-order valence-corrected chi connectivity index (χ0v) is 16.7. The van der Waals surface area contributed by atoms with E-state index >= 15 is 0 Å². The standard InChI is InChI=1S/C15H15Cl2N3OS3/c16-11-5-4-10(8-12(11)17)20-15(22)24-14(18-20)23-9-13(21)19-6-2-1-3-7-19/h4-5,8H,1-3,6-7,9H2. The summed E-state index contributed by atoms with van der Waals surface area (Å²) < 4.78 is 3.04. The van der Waals surface area contributed by atoms with Gasteiger partial charge in [-0.3, -0.25) is 4.79 Å². The highest BCUT2D eigenvalue weighted by atomic mass is 35.5. The van der Waals surface area contributed by atoms with Gasteiger partial charge in [-0.2, -0.15) is 0 Å². The van der Waals surface area contributed by atoms with Crippen LogP contribution in [-0.2, 0) is 4.79 Å². The molecular formula is C15H15Cl2N3OS3. The fourth-order valence-electron chi connectivity index (χ4n) is 2.46. The van der Waals surface area contributed by atoms with Gasteiger partial charge in [0.15, 0.2) is 8.29 Å². The van der Waals surface area contributed by atoms with E-state index in [-0.39, 0.29) is 5.91 Å². The molecule has 1 aromatic carbocycles. The van der Waals surface area contributed by atoms with Crippen LogP contribution in [0.4, 0.5) is 0 Å². The van der Waals surface area contributed by atoms with Crippen LogP contribution in [0.15, 0.2) is 22.5 Å². The third kappa shape index (κ3) is 4.32. The van der Waals surface area contributed by atoms with E-state index in [1.165, 1.54) is 29.5 Å². The zero-order valence-electron chi connectivity index (χ0n) is 12.7. The number of halogens is 2. The molecule has 0 bridgehead atoms. The fourth-order valence-corrected chi connectivity index (χ4v) is 5.01. The Morgan fingerprint density at radius 2 is 2.00 bits per heavy atom. The molecular weight excluding hydrogens is 405 g/mol. The first-order valence-electron chi connectivity index (χ1n) is 7.51. The van der Waals surface area contributed by atoms with Crippen LogP contribution >= 0.6 is 58.5 Å². The maximum atomic E-state index is 12.2. The van der Waals surface area contributed by atoms with Crippen LogP contribution in [0, 0.1) is 3.95 Å². The minimum Gasteiger partial charge on any atom is -0.342 e. The molecule has 0 radical (unpaired) electrons. The van der Waals surface area contributed by atoms with E-state index in [9.17, 15) is 4.79 Å². The van der Waals surface area contributed by atoms with E-state index in [4.69, 9.17) is 35.4 Å². The number of amides is 1. The van der Waals surface area contributed by atoms with E-state index in [1.807, 2.05) is 11.0 Å². The number of piperidine rings is 1. The number of rotatable bonds is 4. The Kier molecular flexibility index (Phi) is 6.21. The van der Waals surface area contributed by atoms with Crippen LogP contribution in [0.5, 0.6) is 0 Å². The van der Waals surface area contributed by atoms with Gasteiger partial charge in [0.2, 0.25) is 5.91 Å². The Labute approximate surface area is 163 Å². The lowest BCUT2D eigenvalue weighted by molar-refractivity contribution is -0.129. The van der Waals surface area contributed by atoms with Crippen molar-refractivity contribution in [3.8, 4) is 5.69 Å². The van der Waals surface area contributed by atoms with Crippen molar-refractivity contribution < 1.29 is 4.79 Å². The highest BCUT2D eigenvalue weighted by Crippen LogP contribution is 2.28. The molecule has 1 amide bonds. The van der Waals surface area contributed by atoms with E-state index in [1.54, 1.807) is 16.8 Å². The second-order valence-electron chi connectivity index (χ2n) is 5.37. The Hall–Kier alpha value is -0.600. The topological polar surface area (TPSA) is 38.1 Å². The first-order valence-corrected chi connectivity index (χ1v) is 10.5. The molecule has 0 saturated carbocycles. The molecule has 9 heteroatoms. The summed E-state index contributed by atoms with van der Waals surface area (Å²) in [5, 5.41) is 5.44. The van der Waals surface area contributed by atoms with Crippen molar-refractivity contribution >= 4 is 64.4 Å². The van der Waals surface area contributed by atoms with Crippen molar-refractivity contribution in [1.82, 2.24) is 14.7 Å². The number of hydrogen-bond acceptors (Lipinski definition) is 5. The van der Waals surface area contributed by atoms with E-state index < -0.39 is 0 Å². The molecule has 1 aliphatic heterocycles. The first kappa shape index (κ1) is 18.2. The van der Waals surface area contributed by atoms with Crippen LogP contribution in [0.2, 0.25) is 10.0 Å². The number of aromatic nitrogens is 2. The SMILES string of the molecule is O=C(CSc1nn(-c2ccc(Cl)c(Cl)c2)c(=S)s1)N1CCCCC1. The molecule has 1 saturated heterocycles. The smallest absolute Gasteiger partial charge is 0.233 e. The van der Waals surface area contributed by atoms with Gasteiger partial charge < -0.3 is 4.90 Å². The lowest BCUT2D eigenvalue weighted by atomic mass is 10.1. The van der Waals surface area contributed by atoms with Gasteiger partial charge in [-0.05, 0) is 49.7 Å². The molecule has 0 aliphatic carbocycles. The second-order valence-corrected chi connectivity index (χ2v) is 9.03. The molecule has 0 N–H and O–H groups in total. The number of nitrogens with zero attached hydrogens (tertiary/aromatic N) is 3. The average Bonchev–Trinajstić information content (AvgIpc) is 2.97. The van der Waals surface area contributed by atoms with Crippen molar-refractivity contribution in [1.29, 1.82) is 0 Å². The summed E-state index contributed by atoms with van der Waals surface area (Å²) in [4.78, 5) is 14.2. The Morgan fingerprint density at radius 3 is 2.71 bits per heavy atom. The summed E-state index contributed by atoms with van der Waals surface area (Å²) in [7, 11) is 0. The van der Waals surface area contributed by atoms with E-state index in [0.717, 1.165) is 36.0 Å². The predicted octanol–water partition coefficient (Wildman–Crippen LogP) is 5.07. The van der Waals surface area contributed by atoms with Gasteiger partial charge in [-0.1, -0.05) is 46.3 Å². The molecule has 1 aromatic heterocycles. The van der Waals surface area contributed by atoms with Crippen molar-refractivity contribution in [2.75, 3.05) is 18.8 Å². The molecule has 3 rings (SSSR count). The average molecular weight is 420 g/mol. The monoisotopic (exact) mass is 419 g/mol. The van der Waals surface area contributed by atoms with Crippen LogP contribution in [0.25, 0.3) is 5.69 Å². The van der Waals surface area contributed by atoms with Crippen LogP contribution in [0.1, 0.15) is 19.3 Å². The molecule has 1 aliphatic rings. The fraction of sp³-hybridized carbons (Fsp3) is 0.400. The molecule has 2 aromatic rings. The molecule has 0 spiro atoms. The normalized spacial score (nSPS) is 14.8. The number of carbonyl (C=O) groups is 1. The lowest BCUT2D eigenvalue weighted by Crippen LogP contribution is -2.36. The highest BCUT2D eigenvalue weighted by Gasteiger charge is 2.17. The Bertz CT molecular complexity index is 800. The van der Waals surface area contributed by atoms with Crippen molar-refractivity contribution in [2.24, 2.45) is 0 Å². The van der Waals surface area contributed by atoms with E-state index in [0.29, 0.717) is 19.8 Å². The summed E-state index contributed by atoms with van der Waals surface area (Å²) >= 11 is 20.2. The van der Waals surface area contributed by atoms with Gasteiger partial charge in [-0.25, -0.2) is 4.68 Å². The second kappa shape index (κ2) is 8.19. The summed E-state index contributed by atoms with van der Waals surface area (Å²) in [5.74, 6) is 0.561. The number of carbonyl (C=O) groups excluding carboxylic acids is 1. The van der Waals surface area contributed by atoms with Crippen molar-refractivity contribution in [2.45, 2.75) is 23.6 Å². The maximum absolute atomic E-state index is 12.2. The quantitative estimate of drug-likeness (QED) is 0.511. The molecule has 24 heavy (non-hydrogen) atoms. The zero-order chi connectivity index (χ0) is 17.1. The third-order valence-corrected chi connectivity index (χ3v) is 6.79. The summed E-state index contributed by atoms with van der Waals surface area (Å²) in [5.41, 5.74) is 0.764. The largest absolute Gasteiger partial charge is 0.342 e. The van der Waals surface area contributed by atoms with E-state index in [2.05, 4.69) is 5.10 Å². The van der Waals surface area contributed by atoms with Crippen LogP contribution in [0.3, 0.4) is 0 Å². The summed E-state index contributed by atoms with van der Waals surface area (Å²) in [6.45, 7) is 1.74. The molecule has 4 nitrogen and oxygen atoms in total. The minimum absolute atomic E-state index is 0.168. The lowest BCUT2D eigenvalue weighted by Gasteiger charge is -2.26. The van der Waals surface area contributed by atoms with Crippen molar-refractivity contribution in [3.05, 3.63) is 32.2 Å². The minimum atomic E-state index is 0.168. The predicted molar refractivity (Wildman–Crippen MR) is 103 cm³/mol. The Morgan fingerprint density at radius 1 is 1.25 bits per heavy atom. The number of thioether (sulfide) groups is 1. The van der Waals surface area contributed by atoms with Crippen molar-refractivity contribution in [3.63, 3.8) is 0 Å². The summed E-state index contributed by atoms with van der Waals surface area (Å²) in [6, 6.07) is 5.26. The highest BCUT2D eigenvalue weighted by molar-refractivity contribution is 8.01. The third-order valence-electron chi connectivity index (χ3n) is 3.70. The van der Waals surface area contributed by atoms with Gasteiger partial charge in [0, 0.05) is 13.1 Å². The molecule has 0 unspecified atom stereocenters. The molecule has 0 atom stereocenters. The Balaban J connectivity index is 1.68. The molecule has 2 heterocycles. The first-order chi connectivity index (χ1) is 11.5. The van der Waals surface area contributed by atoms with Gasteiger partial charge in [-0.15, -0.1) is 5.10 Å². The van der Waals surface area contributed by atoms with Crippen LogP contribution < -0.4 is 0 Å². The molecule has 1 fully saturated rings. The number of benzene rings is 1. The molecule has 128 valence electrons. The number of likely N-dealkylation sites (tertiary alicyclic amines) is 1. The maximum Gasteiger partial charge on any atom is 0.233 e. The van der Waals surface area contributed by atoms with Gasteiger partial charge >= 0.3 is 0 Å². The summed E-state index contributed by atoms with van der Waals surface area (Å²) in [6.07, 6.45) is 3.41. The van der Waals surface area contributed by atoms with Gasteiger partial charge in [0.25, 0.3) is 0 Å². The van der Waals surface area contributed by atoms with Crippen LogP contribution in [-0.4, -0.2) is 39.4 Å². The van der Waals surface area contributed by atoms with Gasteiger partial charge in [0.1, 0.15) is 0 Å².